The Bertz CT molecular complexity index is 238. The van der Waals surface area contributed by atoms with E-state index in [1.807, 2.05) is 0 Å². The first-order valence-electron chi connectivity index (χ1n) is 5.72. The van der Waals surface area contributed by atoms with Crippen molar-refractivity contribution in [3.8, 4) is 0 Å². The molecule has 0 bridgehead atoms. The number of carbonyl (C=O) groups is 2. The summed E-state index contributed by atoms with van der Waals surface area (Å²) >= 11 is 0. The number of nitrogens with zero attached hydrogens (tertiary/aromatic N) is 1. The molecule has 0 saturated carbocycles. The molecule has 0 spiro atoms. The molecule has 0 aromatic rings. The SMILES string of the molecule is C=CCN(CC(=O)O)C(=O)CCCCCC. The van der Waals surface area contributed by atoms with Gasteiger partial charge in [-0.25, -0.2) is 0 Å². The van der Waals surface area contributed by atoms with Gasteiger partial charge in [0, 0.05) is 13.0 Å². The van der Waals surface area contributed by atoms with E-state index in [0.717, 1.165) is 25.7 Å². The lowest BCUT2D eigenvalue weighted by molar-refractivity contribution is -0.144. The zero-order chi connectivity index (χ0) is 12.4. The van der Waals surface area contributed by atoms with Gasteiger partial charge in [0.15, 0.2) is 0 Å². The van der Waals surface area contributed by atoms with Gasteiger partial charge < -0.3 is 10.0 Å². The molecule has 4 heteroatoms. The summed E-state index contributed by atoms with van der Waals surface area (Å²) in [6.45, 7) is 5.69. The average Bonchev–Trinajstić information content (AvgIpc) is 2.23. The van der Waals surface area contributed by atoms with Crippen LogP contribution in [0.3, 0.4) is 0 Å². The van der Waals surface area contributed by atoms with Gasteiger partial charge in [0.25, 0.3) is 0 Å². The molecule has 4 nitrogen and oxygen atoms in total. The summed E-state index contributed by atoms with van der Waals surface area (Å²) < 4.78 is 0. The van der Waals surface area contributed by atoms with Gasteiger partial charge in [-0.3, -0.25) is 9.59 Å². The molecule has 0 saturated heterocycles. The predicted molar refractivity (Wildman–Crippen MR) is 63.2 cm³/mol. The summed E-state index contributed by atoms with van der Waals surface area (Å²) in [5.41, 5.74) is 0. The first kappa shape index (κ1) is 14.7. The fraction of sp³-hybridized carbons (Fsp3) is 0.667. The van der Waals surface area contributed by atoms with Gasteiger partial charge in [-0.15, -0.1) is 6.58 Å². The van der Waals surface area contributed by atoms with E-state index in [4.69, 9.17) is 5.11 Å². The molecule has 0 atom stereocenters. The molecule has 1 amide bonds. The molecule has 0 aliphatic carbocycles. The summed E-state index contributed by atoms with van der Waals surface area (Å²) in [6, 6.07) is 0. The van der Waals surface area contributed by atoms with Crippen LogP contribution in [0.2, 0.25) is 0 Å². The van der Waals surface area contributed by atoms with Crippen LogP contribution in [0, 0.1) is 0 Å². The number of carboxylic acid groups (broad SMARTS) is 1. The molecular formula is C12H21NO3. The highest BCUT2D eigenvalue weighted by Crippen LogP contribution is 2.05. The van der Waals surface area contributed by atoms with E-state index in [9.17, 15) is 9.59 Å². The summed E-state index contributed by atoms with van der Waals surface area (Å²) in [5, 5.41) is 8.64. The maximum Gasteiger partial charge on any atom is 0.323 e. The van der Waals surface area contributed by atoms with Crippen molar-refractivity contribution in [1.29, 1.82) is 0 Å². The first-order valence-corrected chi connectivity index (χ1v) is 5.72. The zero-order valence-electron chi connectivity index (χ0n) is 9.95. The largest absolute Gasteiger partial charge is 0.480 e. The van der Waals surface area contributed by atoms with Gasteiger partial charge in [0.1, 0.15) is 6.54 Å². The normalized spacial score (nSPS) is 9.81. The monoisotopic (exact) mass is 227 g/mol. The van der Waals surface area contributed by atoms with E-state index in [1.54, 1.807) is 6.08 Å². The highest BCUT2D eigenvalue weighted by atomic mass is 16.4. The van der Waals surface area contributed by atoms with Crippen LogP contribution in [0.1, 0.15) is 39.0 Å². The van der Waals surface area contributed by atoms with Crippen molar-refractivity contribution in [2.24, 2.45) is 0 Å². The summed E-state index contributed by atoms with van der Waals surface area (Å²) in [6.07, 6.45) is 6.08. The van der Waals surface area contributed by atoms with Crippen molar-refractivity contribution in [3.63, 3.8) is 0 Å². The molecule has 1 N–H and O–H groups in total. The lowest BCUT2D eigenvalue weighted by atomic mass is 10.1. The van der Waals surface area contributed by atoms with Crippen LogP contribution in [0.4, 0.5) is 0 Å². The van der Waals surface area contributed by atoms with Crippen LogP contribution in [-0.4, -0.2) is 35.0 Å². The minimum Gasteiger partial charge on any atom is -0.480 e. The van der Waals surface area contributed by atoms with E-state index >= 15 is 0 Å². The summed E-state index contributed by atoms with van der Waals surface area (Å²) in [7, 11) is 0. The van der Waals surface area contributed by atoms with Crippen molar-refractivity contribution >= 4 is 11.9 Å². The molecule has 16 heavy (non-hydrogen) atoms. The number of rotatable bonds is 9. The topological polar surface area (TPSA) is 57.6 Å². The fourth-order valence-corrected chi connectivity index (χ4v) is 1.43. The van der Waals surface area contributed by atoms with Crippen LogP contribution in [0.15, 0.2) is 12.7 Å². The predicted octanol–water partition coefficient (Wildman–Crippen LogP) is 2.06. The molecular weight excluding hydrogens is 206 g/mol. The third-order valence-corrected chi connectivity index (χ3v) is 2.27. The minimum atomic E-state index is -0.983. The molecule has 0 radical (unpaired) electrons. The second-order valence-corrected chi connectivity index (χ2v) is 3.77. The third kappa shape index (κ3) is 7.04. The molecule has 0 heterocycles. The van der Waals surface area contributed by atoms with Gasteiger partial charge in [0.2, 0.25) is 5.91 Å². The Morgan fingerprint density at radius 2 is 2.00 bits per heavy atom. The smallest absolute Gasteiger partial charge is 0.323 e. The van der Waals surface area contributed by atoms with Crippen LogP contribution >= 0.6 is 0 Å². The van der Waals surface area contributed by atoms with E-state index in [0.29, 0.717) is 13.0 Å². The Labute approximate surface area is 96.9 Å². The number of carbonyl (C=O) groups excluding carboxylic acids is 1. The Balaban J connectivity index is 3.96. The van der Waals surface area contributed by atoms with Gasteiger partial charge in [-0.05, 0) is 6.42 Å². The Hall–Kier alpha value is -1.32. The van der Waals surface area contributed by atoms with Crippen LogP contribution in [0.5, 0.6) is 0 Å². The quantitative estimate of drug-likeness (QED) is 0.484. The van der Waals surface area contributed by atoms with E-state index in [2.05, 4.69) is 13.5 Å². The third-order valence-electron chi connectivity index (χ3n) is 2.27. The minimum absolute atomic E-state index is 0.0987. The highest BCUT2D eigenvalue weighted by molar-refractivity contribution is 5.81. The number of unbranched alkanes of at least 4 members (excludes halogenated alkanes) is 3. The van der Waals surface area contributed by atoms with Crippen LogP contribution in [0.25, 0.3) is 0 Å². The van der Waals surface area contributed by atoms with Crippen molar-refractivity contribution in [2.75, 3.05) is 13.1 Å². The maximum absolute atomic E-state index is 11.6. The molecule has 0 aliphatic heterocycles. The molecule has 0 fully saturated rings. The van der Waals surface area contributed by atoms with Crippen LogP contribution in [-0.2, 0) is 9.59 Å². The van der Waals surface area contributed by atoms with Gasteiger partial charge in [-0.2, -0.15) is 0 Å². The first-order chi connectivity index (χ1) is 7.61. The lowest BCUT2D eigenvalue weighted by Gasteiger charge is -2.18. The average molecular weight is 227 g/mol. The molecule has 92 valence electrons. The van der Waals surface area contributed by atoms with Crippen molar-refractivity contribution in [3.05, 3.63) is 12.7 Å². The van der Waals surface area contributed by atoms with Gasteiger partial charge >= 0.3 is 5.97 Å². The highest BCUT2D eigenvalue weighted by Gasteiger charge is 2.14. The summed E-state index contributed by atoms with van der Waals surface area (Å²) in [5.74, 6) is -1.08. The number of hydrogen-bond donors (Lipinski definition) is 1. The van der Waals surface area contributed by atoms with E-state index in [1.165, 1.54) is 4.90 Å². The standard InChI is InChI=1S/C12H21NO3/c1-3-5-6-7-8-11(14)13(9-4-2)10-12(15)16/h4H,2-3,5-10H2,1H3,(H,15,16). The van der Waals surface area contributed by atoms with E-state index < -0.39 is 5.97 Å². The van der Waals surface area contributed by atoms with Crippen LogP contribution < -0.4 is 0 Å². The number of carboxylic acids is 1. The Morgan fingerprint density at radius 1 is 1.31 bits per heavy atom. The second-order valence-electron chi connectivity index (χ2n) is 3.77. The Kier molecular flexibility index (Phi) is 8.21. The van der Waals surface area contributed by atoms with Gasteiger partial charge in [-0.1, -0.05) is 32.3 Å². The maximum atomic E-state index is 11.6. The molecule has 0 unspecified atom stereocenters. The Morgan fingerprint density at radius 3 is 2.50 bits per heavy atom. The zero-order valence-corrected chi connectivity index (χ0v) is 9.95. The van der Waals surface area contributed by atoms with Crippen molar-refractivity contribution < 1.29 is 14.7 Å². The fourth-order valence-electron chi connectivity index (χ4n) is 1.43. The van der Waals surface area contributed by atoms with Crippen molar-refractivity contribution in [1.82, 2.24) is 4.90 Å². The molecule has 0 aromatic heterocycles. The van der Waals surface area contributed by atoms with E-state index in [-0.39, 0.29) is 12.5 Å². The number of hydrogen-bond acceptors (Lipinski definition) is 2. The second kappa shape index (κ2) is 8.95. The molecule has 0 rings (SSSR count). The molecule has 0 aromatic carbocycles. The van der Waals surface area contributed by atoms with Crippen molar-refractivity contribution in [2.45, 2.75) is 39.0 Å². The summed E-state index contributed by atoms with van der Waals surface area (Å²) in [4.78, 5) is 23.5. The van der Waals surface area contributed by atoms with Gasteiger partial charge in [0.05, 0.1) is 0 Å². The number of aliphatic carboxylic acids is 1. The number of amides is 1. The molecule has 0 aliphatic rings. The lowest BCUT2D eigenvalue weighted by Crippen LogP contribution is -2.35.